The third kappa shape index (κ3) is 8.45. The molecule has 0 spiro atoms. The van der Waals surface area contributed by atoms with E-state index in [-0.39, 0.29) is 29.6 Å². The van der Waals surface area contributed by atoms with E-state index in [1.54, 1.807) is 30.3 Å². The quantitative estimate of drug-likeness (QED) is 0.202. The molecule has 4 rings (SSSR count). The van der Waals surface area contributed by atoms with Gasteiger partial charge in [-0.15, -0.1) is 0 Å². The Balaban J connectivity index is 1.80. The van der Waals surface area contributed by atoms with Gasteiger partial charge in [0, 0.05) is 24.0 Å². The molecule has 230 valence electrons. The number of anilines is 1. The van der Waals surface area contributed by atoms with E-state index in [1.165, 1.54) is 47.4 Å². The van der Waals surface area contributed by atoms with Gasteiger partial charge in [-0.25, -0.2) is 12.8 Å². The minimum atomic E-state index is -4.24. The molecular formula is C34H35ClFN3O4S. The molecule has 4 aromatic carbocycles. The largest absolute Gasteiger partial charge is 0.352 e. The molecule has 44 heavy (non-hydrogen) atoms. The molecule has 0 radical (unpaired) electrons. The van der Waals surface area contributed by atoms with E-state index in [2.05, 4.69) is 5.32 Å². The van der Waals surface area contributed by atoms with Crippen LogP contribution in [0.4, 0.5) is 10.1 Å². The Kier molecular flexibility index (Phi) is 10.8. The van der Waals surface area contributed by atoms with E-state index in [0.29, 0.717) is 10.6 Å². The predicted octanol–water partition coefficient (Wildman–Crippen LogP) is 6.15. The molecule has 1 atom stereocenters. The zero-order valence-electron chi connectivity index (χ0n) is 24.8. The summed E-state index contributed by atoms with van der Waals surface area (Å²) in [4.78, 5) is 29.4. The molecule has 4 aromatic rings. The zero-order valence-corrected chi connectivity index (χ0v) is 26.4. The van der Waals surface area contributed by atoms with Gasteiger partial charge in [0.15, 0.2) is 0 Å². The summed E-state index contributed by atoms with van der Waals surface area (Å²) < 4.78 is 42.9. The number of carbonyl (C=O) groups excluding carboxylic acids is 2. The molecule has 2 amide bonds. The number of halogens is 2. The molecular weight excluding hydrogens is 601 g/mol. The molecule has 1 N–H and O–H groups in total. The van der Waals surface area contributed by atoms with Crippen LogP contribution < -0.4 is 9.62 Å². The maximum absolute atomic E-state index is 14.4. The smallest absolute Gasteiger partial charge is 0.264 e. The van der Waals surface area contributed by atoms with Crippen molar-refractivity contribution in [3.05, 3.63) is 131 Å². The Bertz CT molecular complexity index is 1680. The number of carbonyl (C=O) groups is 2. The average molecular weight is 636 g/mol. The van der Waals surface area contributed by atoms with Crippen molar-refractivity contribution in [1.29, 1.82) is 0 Å². The molecule has 0 fully saturated rings. The van der Waals surface area contributed by atoms with Crippen LogP contribution in [-0.2, 0) is 32.6 Å². The lowest BCUT2D eigenvalue weighted by molar-refractivity contribution is -0.140. The molecule has 0 saturated carbocycles. The van der Waals surface area contributed by atoms with Crippen molar-refractivity contribution in [2.45, 2.75) is 50.7 Å². The minimum Gasteiger partial charge on any atom is -0.352 e. The predicted molar refractivity (Wildman–Crippen MR) is 171 cm³/mol. The first-order valence-corrected chi connectivity index (χ1v) is 16.0. The van der Waals surface area contributed by atoms with Crippen molar-refractivity contribution in [2.75, 3.05) is 10.8 Å². The van der Waals surface area contributed by atoms with E-state index < -0.39 is 40.2 Å². The Morgan fingerprint density at radius 3 is 2.14 bits per heavy atom. The van der Waals surface area contributed by atoms with Crippen LogP contribution in [-0.4, -0.2) is 43.8 Å². The summed E-state index contributed by atoms with van der Waals surface area (Å²) in [7, 11) is -4.24. The molecule has 0 aromatic heterocycles. The third-order valence-corrected chi connectivity index (χ3v) is 8.98. The van der Waals surface area contributed by atoms with Gasteiger partial charge in [-0.1, -0.05) is 77.8 Å². The molecule has 10 heteroatoms. The highest BCUT2D eigenvalue weighted by Crippen LogP contribution is 2.27. The van der Waals surface area contributed by atoms with Crippen LogP contribution in [0.15, 0.2) is 108 Å². The molecule has 0 saturated heterocycles. The van der Waals surface area contributed by atoms with E-state index in [1.807, 2.05) is 51.1 Å². The van der Waals surface area contributed by atoms with Gasteiger partial charge in [-0.2, -0.15) is 0 Å². The maximum atomic E-state index is 14.4. The second-order valence-corrected chi connectivity index (χ2v) is 13.1. The first kappa shape index (κ1) is 32.7. The fraction of sp³-hybridized carbons (Fsp3) is 0.235. The van der Waals surface area contributed by atoms with Gasteiger partial charge in [-0.05, 0) is 74.4 Å². The first-order chi connectivity index (χ1) is 20.9. The molecule has 7 nitrogen and oxygen atoms in total. The SMILES string of the molecule is Cc1ccc(S(=O)(=O)N(CC(=O)N(Cc2ccc(F)cc2)C(Cc2ccccc2)C(=O)NC(C)C)c2cccc(Cl)c2)cc1. The van der Waals surface area contributed by atoms with Crippen LogP contribution in [0.2, 0.25) is 5.02 Å². The number of nitrogens with zero attached hydrogens (tertiary/aromatic N) is 2. The summed E-state index contributed by atoms with van der Waals surface area (Å²) in [5.74, 6) is -1.46. The number of hydrogen-bond acceptors (Lipinski definition) is 4. The molecule has 1 unspecified atom stereocenters. The minimum absolute atomic E-state index is 0.000605. The van der Waals surface area contributed by atoms with Crippen molar-refractivity contribution in [3.63, 3.8) is 0 Å². The normalized spacial score (nSPS) is 12.0. The summed E-state index contributed by atoms with van der Waals surface area (Å²) in [5, 5.41) is 3.20. The Morgan fingerprint density at radius 1 is 0.864 bits per heavy atom. The number of amides is 2. The lowest BCUT2D eigenvalue weighted by Gasteiger charge is -2.34. The lowest BCUT2D eigenvalue weighted by atomic mass is 10.0. The first-order valence-electron chi connectivity index (χ1n) is 14.2. The van der Waals surface area contributed by atoms with Crippen molar-refractivity contribution >= 4 is 39.1 Å². The standard InChI is InChI=1S/C34H35ClFN3O4S/c1-24(2)37-34(41)32(20-26-8-5-4-6-9-26)38(22-27-14-16-29(36)17-15-27)33(40)23-39(30-11-7-10-28(35)21-30)44(42,43)31-18-12-25(3)13-19-31/h4-19,21,24,32H,20,22-23H2,1-3H3,(H,37,41). The lowest BCUT2D eigenvalue weighted by Crippen LogP contribution is -2.54. The zero-order chi connectivity index (χ0) is 31.9. The van der Waals surface area contributed by atoms with Gasteiger partial charge in [0.2, 0.25) is 11.8 Å². The number of aryl methyl sites for hydroxylation is 1. The fourth-order valence-corrected chi connectivity index (χ4v) is 6.31. The maximum Gasteiger partial charge on any atom is 0.264 e. The summed E-state index contributed by atoms with van der Waals surface area (Å²) in [6.45, 7) is 4.81. The molecule has 0 aliphatic carbocycles. The highest BCUT2D eigenvalue weighted by Gasteiger charge is 2.35. The Labute approximate surface area is 263 Å². The van der Waals surface area contributed by atoms with E-state index in [9.17, 15) is 22.4 Å². The van der Waals surface area contributed by atoms with Crippen LogP contribution in [0, 0.1) is 12.7 Å². The monoisotopic (exact) mass is 635 g/mol. The van der Waals surface area contributed by atoms with Crippen LogP contribution in [0.25, 0.3) is 0 Å². The van der Waals surface area contributed by atoms with Crippen LogP contribution in [0.3, 0.4) is 0 Å². The number of nitrogens with one attached hydrogen (secondary N) is 1. The van der Waals surface area contributed by atoms with Gasteiger partial charge in [0.1, 0.15) is 18.4 Å². The number of hydrogen-bond donors (Lipinski definition) is 1. The summed E-state index contributed by atoms with van der Waals surface area (Å²) in [5.41, 5.74) is 2.46. The molecule has 0 heterocycles. The second kappa shape index (κ2) is 14.5. The van der Waals surface area contributed by atoms with Crippen LogP contribution in [0.5, 0.6) is 0 Å². The second-order valence-electron chi connectivity index (χ2n) is 10.8. The van der Waals surface area contributed by atoms with Gasteiger partial charge in [-0.3, -0.25) is 13.9 Å². The summed E-state index contributed by atoms with van der Waals surface area (Å²) >= 11 is 6.26. The van der Waals surface area contributed by atoms with Gasteiger partial charge in [0.25, 0.3) is 10.0 Å². The van der Waals surface area contributed by atoms with Gasteiger partial charge >= 0.3 is 0 Å². The van der Waals surface area contributed by atoms with Crippen molar-refractivity contribution in [3.8, 4) is 0 Å². The summed E-state index contributed by atoms with van der Waals surface area (Å²) in [6, 6.07) is 26.2. The highest BCUT2D eigenvalue weighted by atomic mass is 35.5. The number of benzene rings is 4. The van der Waals surface area contributed by atoms with Crippen molar-refractivity contribution < 1.29 is 22.4 Å². The molecule has 0 aliphatic rings. The van der Waals surface area contributed by atoms with Crippen LogP contribution in [0.1, 0.15) is 30.5 Å². The van der Waals surface area contributed by atoms with Crippen molar-refractivity contribution in [2.24, 2.45) is 0 Å². The van der Waals surface area contributed by atoms with Gasteiger partial charge < -0.3 is 10.2 Å². The topological polar surface area (TPSA) is 86.8 Å². The fourth-order valence-electron chi connectivity index (χ4n) is 4.72. The van der Waals surface area contributed by atoms with E-state index >= 15 is 0 Å². The third-order valence-electron chi connectivity index (χ3n) is 6.95. The number of rotatable bonds is 12. The van der Waals surface area contributed by atoms with E-state index in [0.717, 1.165) is 15.4 Å². The van der Waals surface area contributed by atoms with E-state index in [4.69, 9.17) is 11.6 Å². The molecule has 0 bridgehead atoms. The highest BCUT2D eigenvalue weighted by molar-refractivity contribution is 7.92. The summed E-state index contributed by atoms with van der Waals surface area (Å²) in [6.07, 6.45) is 0.175. The Morgan fingerprint density at radius 2 is 1.52 bits per heavy atom. The number of sulfonamides is 1. The van der Waals surface area contributed by atoms with Gasteiger partial charge in [0.05, 0.1) is 10.6 Å². The van der Waals surface area contributed by atoms with Crippen molar-refractivity contribution in [1.82, 2.24) is 10.2 Å². The average Bonchev–Trinajstić information content (AvgIpc) is 2.98. The molecule has 0 aliphatic heterocycles. The Hall–Kier alpha value is -4.21. The van der Waals surface area contributed by atoms with Crippen LogP contribution >= 0.6 is 11.6 Å².